The van der Waals surface area contributed by atoms with E-state index in [2.05, 4.69) is 0 Å². The molecule has 0 radical (unpaired) electrons. The Morgan fingerprint density at radius 2 is 1.64 bits per heavy atom. The first-order valence-electron chi connectivity index (χ1n) is 2.73. The van der Waals surface area contributed by atoms with Gasteiger partial charge in [0.1, 0.15) is 0 Å². The van der Waals surface area contributed by atoms with E-state index in [9.17, 15) is 12.8 Å². The second kappa shape index (κ2) is 2.93. The van der Waals surface area contributed by atoms with Crippen LogP contribution < -0.4 is 0 Å². The maximum atomic E-state index is 12.3. The summed E-state index contributed by atoms with van der Waals surface area (Å²) in [5.41, 5.74) is 0. The predicted octanol–water partition coefficient (Wildman–Crippen LogP) is 0.415. The Labute approximate surface area is 71.2 Å². The first-order valence-corrected chi connectivity index (χ1v) is 6.47. The van der Waals surface area contributed by atoms with Gasteiger partial charge in [-0.3, -0.25) is 0 Å². The van der Waals surface area contributed by atoms with E-state index < -0.39 is 14.1 Å². The van der Waals surface area contributed by atoms with Crippen LogP contribution in [0, 0.1) is 5.82 Å². The molecule has 0 atom stereocenters. The molecule has 0 aliphatic carbocycles. The molecule has 0 N–H and O–H groups in total. The normalized spacial score (nSPS) is 11.5. The van der Waals surface area contributed by atoms with Crippen LogP contribution in [0.15, 0.2) is 29.2 Å². The molecule has 60 valence electrons. The fourth-order valence-corrected chi connectivity index (χ4v) is 1.85. The molecule has 0 saturated heterocycles. The van der Waals surface area contributed by atoms with E-state index in [-0.39, 0.29) is 4.90 Å². The first kappa shape index (κ1) is 8.71. The van der Waals surface area contributed by atoms with Gasteiger partial charge in [0.05, 0.1) is 0 Å². The van der Waals surface area contributed by atoms with E-state index in [0.717, 1.165) is 12.1 Å². The van der Waals surface area contributed by atoms with Crippen LogP contribution >= 0.6 is 0 Å². The Bertz CT molecular complexity index is 343. The molecule has 1 rings (SSSR count). The summed E-state index contributed by atoms with van der Waals surface area (Å²) in [4.78, 5) is 0.110. The summed E-state index contributed by atoms with van der Waals surface area (Å²) < 4.78 is 33.9. The molecule has 0 aliphatic rings. The number of benzene rings is 1. The van der Waals surface area contributed by atoms with E-state index in [1.54, 1.807) is 14.9 Å². The van der Waals surface area contributed by atoms with Crippen LogP contribution in [0.4, 0.5) is 4.39 Å². The zero-order valence-electron chi connectivity index (χ0n) is 5.36. The summed E-state index contributed by atoms with van der Waals surface area (Å²) in [5.74, 6) is -0.440. The van der Waals surface area contributed by atoms with Crippen molar-refractivity contribution in [2.45, 2.75) is 4.90 Å². The fraction of sp³-hybridized carbons (Fsp3) is 0. The molecule has 0 heterocycles. The maximum absolute atomic E-state index is 12.3. The van der Waals surface area contributed by atoms with Gasteiger partial charge in [-0.25, -0.2) is 0 Å². The van der Waals surface area contributed by atoms with Crippen LogP contribution in [-0.4, -0.2) is 23.3 Å². The molecule has 0 aromatic heterocycles. The van der Waals surface area contributed by atoms with Crippen molar-refractivity contribution >= 4 is 23.1 Å². The molecule has 1 aromatic rings. The molecule has 2 nitrogen and oxygen atoms in total. The number of hydrogen-bond donors (Lipinski definition) is 0. The van der Waals surface area contributed by atoms with Crippen LogP contribution in [0.3, 0.4) is 0 Å². The van der Waals surface area contributed by atoms with Gasteiger partial charge >= 0.3 is 70.9 Å². The van der Waals surface area contributed by atoms with Crippen molar-refractivity contribution in [3.05, 3.63) is 30.1 Å². The Balaban J connectivity index is 3.20. The molecular weight excluding hydrogens is 234 g/mol. The topological polar surface area (TPSA) is 34.1 Å². The second-order valence-electron chi connectivity index (χ2n) is 1.93. The van der Waals surface area contributed by atoms with Gasteiger partial charge in [-0.05, 0) is 0 Å². The van der Waals surface area contributed by atoms with Crippen LogP contribution in [0.25, 0.3) is 0 Å². The van der Waals surface area contributed by atoms with Crippen molar-refractivity contribution in [1.29, 1.82) is 0 Å². The van der Waals surface area contributed by atoms with Gasteiger partial charge in [0.15, 0.2) is 0 Å². The van der Waals surface area contributed by atoms with Gasteiger partial charge in [0.2, 0.25) is 0 Å². The standard InChI is InChI=1S/C6H5FO2SSe/c7-5-1-3-6(4-2-5)10(8,9)11/h1-4H,(H,8,9,11). The molecule has 0 amide bonds. The molecule has 5 heteroatoms. The van der Waals surface area contributed by atoms with Gasteiger partial charge in [-0.15, -0.1) is 0 Å². The van der Waals surface area contributed by atoms with Gasteiger partial charge in [-0.1, -0.05) is 0 Å². The van der Waals surface area contributed by atoms with Crippen LogP contribution in [-0.2, 0) is 8.26 Å². The van der Waals surface area contributed by atoms with Gasteiger partial charge < -0.3 is 0 Å². The third-order valence-electron chi connectivity index (χ3n) is 1.11. The Hall–Kier alpha value is -0.381. The minimum absolute atomic E-state index is 0.110. The van der Waals surface area contributed by atoms with E-state index in [0.29, 0.717) is 0 Å². The molecular formula is C6H5FO2SSe. The van der Waals surface area contributed by atoms with Gasteiger partial charge in [0.25, 0.3) is 0 Å². The zero-order valence-corrected chi connectivity index (χ0v) is 8.05. The molecule has 1 aromatic carbocycles. The molecule has 0 saturated carbocycles. The summed E-state index contributed by atoms with van der Waals surface area (Å²) in [6.45, 7) is 0. The van der Waals surface area contributed by atoms with Crippen LogP contribution in [0.5, 0.6) is 0 Å². The van der Waals surface area contributed by atoms with Crippen molar-refractivity contribution < 1.29 is 12.8 Å². The second-order valence-corrected chi connectivity index (χ2v) is 6.38. The number of hydrogen-bond acceptors (Lipinski definition) is 2. The molecule has 0 aliphatic heterocycles. The van der Waals surface area contributed by atoms with E-state index in [1.807, 2.05) is 0 Å². The van der Waals surface area contributed by atoms with Gasteiger partial charge in [-0.2, -0.15) is 0 Å². The quantitative estimate of drug-likeness (QED) is 0.665. The van der Waals surface area contributed by atoms with Crippen molar-refractivity contribution in [1.82, 2.24) is 0 Å². The van der Waals surface area contributed by atoms with E-state index in [4.69, 9.17) is 0 Å². The summed E-state index contributed by atoms with van der Waals surface area (Å²) in [6, 6.07) is 4.67. The average molecular weight is 239 g/mol. The van der Waals surface area contributed by atoms with E-state index >= 15 is 0 Å². The minimum atomic E-state index is -3.25. The first-order chi connectivity index (χ1) is 5.00. The average Bonchev–Trinajstić information content (AvgIpc) is 1.86. The Morgan fingerprint density at radius 1 is 1.18 bits per heavy atom. The fourth-order valence-electron chi connectivity index (χ4n) is 0.607. The number of rotatable bonds is 1. The predicted molar refractivity (Wildman–Crippen MR) is 40.7 cm³/mol. The summed E-state index contributed by atoms with van der Waals surface area (Å²) in [6.07, 6.45) is 0. The van der Waals surface area contributed by atoms with Crippen LogP contribution in [0.1, 0.15) is 0 Å². The SMILES string of the molecule is O=S(=O)([SeH])c1ccc(F)cc1. The Morgan fingerprint density at radius 3 is 2.00 bits per heavy atom. The third-order valence-corrected chi connectivity index (χ3v) is 3.31. The van der Waals surface area contributed by atoms with Gasteiger partial charge in [0, 0.05) is 0 Å². The zero-order chi connectivity index (χ0) is 8.48. The monoisotopic (exact) mass is 240 g/mol. The van der Waals surface area contributed by atoms with E-state index in [1.165, 1.54) is 12.1 Å². The van der Waals surface area contributed by atoms with Crippen molar-refractivity contribution in [2.24, 2.45) is 0 Å². The molecule has 0 unspecified atom stereocenters. The molecule has 0 fully saturated rings. The third kappa shape index (κ3) is 2.29. The summed E-state index contributed by atoms with van der Waals surface area (Å²) in [5, 5.41) is 0. The van der Waals surface area contributed by atoms with Crippen molar-refractivity contribution in [3.63, 3.8) is 0 Å². The summed E-state index contributed by atoms with van der Waals surface area (Å²) in [7, 11) is -3.25. The molecule has 0 bridgehead atoms. The Kier molecular flexibility index (Phi) is 2.32. The summed E-state index contributed by atoms with van der Waals surface area (Å²) >= 11 is 1.54. The number of halogens is 1. The molecule has 0 spiro atoms. The molecule has 11 heavy (non-hydrogen) atoms. The van der Waals surface area contributed by atoms with Crippen molar-refractivity contribution in [3.8, 4) is 0 Å². The van der Waals surface area contributed by atoms with Crippen molar-refractivity contribution in [2.75, 3.05) is 0 Å². The van der Waals surface area contributed by atoms with Crippen LogP contribution in [0.2, 0.25) is 0 Å².